The lowest BCUT2D eigenvalue weighted by Gasteiger charge is -2.22. The van der Waals surface area contributed by atoms with Crippen LogP contribution in [-0.2, 0) is 16.0 Å². The highest BCUT2D eigenvalue weighted by Crippen LogP contribution is 2.10. The Kier molecular flexibility index (Phi) is 6.76. The summed E-state index contributed by atoms with van der Waals surface area (Å²) in [6, 6.07) is 9.72. The smallest absolute Gasteiger partial charge is 0.310 e. The van der Waals surface area contributed by atoms with E-state index in [1.54, 1.807) is 0 Å². The molecule has 4 heteroatoms. The van der Waals surface area contributed by atoms with E-state index in [1.807, 2.05) is 30.3 Å². The van der Waals surface area contributed by atoms with Crippen molar-refractivity contribution in [2.75, 3.05) is 19.7 Å². The molecule has 0 radical (unpaired) electrons. The Bertz CT molecular complexity index is 350. The first-order valence-corrected chi connectivity index (χ1v) is 6.25. The summed E-state index contributed by atoms with van der Waals surface area (Å²) in [5.74, 6) is 0.366. The lowest BCUT2D eigenvalue weighted by Crippen LogP contribution is -2.33. The number of nitrogens with one attached hydrogen (secondary N) is 1. The van der Waals surface area contributed by atoms with E-state index < -0.39 is 0 Å². The number of rotatable bonds is 4. The second-order valence-corrected chi connectivity index (χ2v) is 4.56. The SMILES string of the molecule is Cl.O=C(Cc1ccccc1)OCC1CCCNC1. The highest BCUT2D eigenvalue weighted by atomic mass is 35.5. The summed E-state index contributed by atoms with van der Waals surface area (Å²) in [6.07, 6.45) is 2.72. The molecule has 1 aliphatic heterocycles. The van der Waals surface area contributed by atoms with Crippen LogP contribution in [0.1, 0.15) is 18.4 Å². The summed E-state index contributed by atoms with van der Waals surface area (Å²) in [5.41, 5.74) is 1.01. The van der Waals surface area contributed by atoms with Gasteiger partial charge in [0.15, 0.2) is 0 Å². The molecule has 1 fully saturated rings. The molecule has 3 nitrogen and oxygen atoms in total. The molecule has 0 aromatic heterocycles. The fraction of sp³-hybridized carbons (Fsp3) is 0.500. The van der Waals surface area contributed by atoms with Crippen LogP contribution in [-0.4, -0.2) is 25.7 Å². The maximum Gasteiger partial charge on any atom is 0.310 e. The molecule has 2 rings (SSSR count). The highest BCUT2D eigenvalue weighted by molar-refractivity contribution is 5.85. The number of hydrogen-bond acceptors (Lipinski definition) is 3. The van der Waals surface area contributed by atoms with Gasteiger partial charge in [0.25, 0.3) is 0 Å². The molecule has 1 aromatic carbocycles. The molecule has 0 amide bonds. The van der Waals surface area contributed by atoms with Crippen LogP contribution in [0.4, 0.5) is 0 Å². The number of benzene rings is 1. The van der Waals surface area contributed by atoms with Crippen LogP contribution in [0.5, 0.6) is 0 Å². The van der Waals surface area contributed by atoms with Gasteiger partial charge in [-0.15, -0.1) is 12.4 Å². The van der Waals surface area contributed by atoms with Gasteiger partial charge in [-0.05, 0) is 24.9 Å². The minimum Gasteiger partial charge on any atom is -0.465 e. The van der Waals surface area contributed by atoms with E-state index in [1.165, 1.54) is 6.42 Å². The summed E-state index contributed by atoms with van der Waals surface area (Å²) in [6.45, 7) is 2.62. The Hall–Kier alpha value is -1.06. The average Bonchev–Trinajstić information content (AvgIpc) is 2.39. The summed E-state index contributed by atoms with van der Waals surface area (Å²) in [7, 11) is 0. The van der Waals surface area contributed by atoms with E-state index in [0.29, 0.717) is 18.9 Å². The zero-order valence-corrected chi connectivity index (χ0v) is 11.2. The number of ether oxygens (including phenoxy) is 1. The van der Waals surface area contributed by atoms with Crippen LogP contribution >= 0.6 is 12.4 Å². The van der Waals surface area contributed by atoms with Crippen molar-refractivity contribution in [2.24, 2.45) is 5.92 Å². The lowest BCUT2D eigenvalue weighted by molar-refractivity contribution is -0.144. The van der Waals surface area contributed by atoms with Gasteiger partial charge >= 0.3 is 5.97 Å². The van der Waals surface area contributed by atoms with Gasteiger partial charge in [0.2, 0.25) is 0 Å². The summed E-state index contributed by atoms with van der Waals surface area (Å²) < 4.78 is 5.31. The van der Waals surface area contributed by atoms with Crippen LogP contribution < -0.4 is 5.32 Å². The Morgan fingerprint density at radius 2 is 2.11 bits per heavy atom. The fourth-order valence-electron chi connectivity index (χ4n) is 2.09. The molecule has 1 atom stereocenters. The monoisotopic (exact) mass is 269 g/mol. The van der Waals surface area contributed by atoms with Crippen molar-refractivity contribution < 1.29 is 9.53 Å². The first-order chi connectivity index (χ1) is 8.34. The van der Waals surface area contributed by atoms with Gasteiger partial charge < -0.3 is 10.1 Å². The van der Waals surface area contributed by atoms with Gasteiger partial charge in [0, 0.05) is 12.5 Å². The van der Waals surface area contributed by atoms with Crippen LogP contribution in [0.25, 0.3) is 0 Å². The van der Waals surface area contributed by atoms with Gasteiger partial charge in [0.1, 0.15) is 0 Å². The molecule has 0 saturated carbocycles. The van der Waals surface area contributed by atoms with Crippen LogP contribution in [0.15, 0.2) is 30.3 Å². The van der Waals surface area contributed by atoms with Gasteiger partial charge in [0.05, 0.1) is 13.0 Å². The normalized spacial score (nSPS) is 18.8. The molecule has 1 aliphatic rings. The molecule has 1 saturated heterocycles. The Balaban J connectivity index is 0.00000162. The predicted octanol–water partition coefficient (Wildman–Crippen LogP) is 2.19. The Labute approximate surface area is 114 Å². The van der Waals surface area contributed by atoms with Crippen molar-refractivity contribution in [3.8, 4) is 0 Å². The standard InChI is InChI=1S/C14H19NO2.ClH/c16-14(9-12-5-2-1-3-6-12)17-11-13-7-4-8-15-10-13;/h1-3,5-6,13,15H,4,7-11H2;1H. The molecule has 1 heterocycles. The summed E-state index contributed by atoms with van der Waals surface area (Å²) in [5, 5.41) is 3.32. The third kappa shape index (κ3) is 5.07. The average molecular weight is 270 g/mol. The van der Waals surface area contributed by atoms with E-state index in [0.717, 1.165) is 25.1 Å². The minimum atomic E-state index is -0.123. The van der Waals surface area contributed by atoms with E-state index >= 15 is 0 Å². The maximum absolute atomic E-state index is 11.6. The van der Waals surface area contributed by atoms with Crippen molar-refractivity contribution in [1.82, 2.24) is 5.32 Å². The Morgan fingerprint density at radius 3 is 2.78 bits per heavy atom. The summed E-state index contributed by atoms with van der Waals surface area (Å²) >= 11 is 0. The summed E-state index contributed by atoms with van der Waals surface area (Å²) in [4.78, 5) is 11.6. The molecule has 0 aliphatic carbocycles. The van der Waals surface area contributed by atoms with Crippen molar-refractivity contribution in [3.05, 3.63) is 35.9 Å². The zero-order chi connectivity index (χ0) is 11.9. The van der Waals surface area contributed by atoms with Crippen LogP contribution in [0, 0.1) is 5.92 Å². The molecule has 18 heavy (non-hydrogen) atoms. The second-order valence-electron chi connectivity index (χ2n) is 4.56. The molecule has 0 spiro atoms. The van der Waals surface area contributed by atoms with Crippen molar-refractivity contribution in [1.29, 1.82) is 0 Å². The third-order valence-corrected chi connectivity index (χ3v) is 3.07. The van der Waals surface area contributed by atoms with Gasteiger partial charge in [-0.25, -0.2) is 0 Å². The van der Waals surface area contributed by atoms with E-state index in [4.69, 9.17) is 4.74 Å². The van der Waals surface area contributed by atoms with E-state index in [9.17, 15) is 4.79 Å². The first kappa shape index (κ1) is 15.0. The van der Waals surface area contributed by atoms with Crippen LogP contribution in [0.2, 0.25) is 0 Å². The quantitative estimate of drug-likeness (QED) is 0.852. The molecule has 1 unspecified atom stereocenters. The molecular weight excluding hydrogens is 250 g/mol. The predicted molar refractivity (Wildman–Crippen MR) is 73.9 cm³/mol. The van der Waals surface area contributed by atoms with Gasteiger partial charge in [-0.1, -0.05) is 30.3 Å². The molecule has 1 aromatic rings. The van der Waals surface area contributed by atoms with Gasteiger partial charge in [-0.3, -0.25) is 4.79 Å². The fourth-order valence-corrected chi connectivity index (χ4v) is 2.09. The molecule has 100 valence electrons. The van der Waals surface area contributed by atoms with Crippen LogP contribution in [0.3, 0.4) is 0 Å². The topological polar surface area (TPSA) is 38.3 Å². The highest BCUT2D eigenvalue weighted by Gasteiger charge is 2.15. The van der Waals surface area contributed by atoms with Crippen molar-refractivity contribution in [3.63, 3.8) is 0 Å². The van der Waals surface area contributed by atoms with Crippen molar-refractivity contribution >= 4 is 18.4 Å². The number of carbonyl (C=O) groups is 1. The minimum absolute atomic E-state index is 0. The van der Waals surface area contributed by atoms with E-state index in [2.05, 4.69) is 5.32 Å². The van der Waals surface area contributed by atoms with E-state index in [-0.39, 0.29) is 18.4 Å². The molecule has 1 N–H and O–H groups in total. The largest absolute Gasteiger partial charge is 0.465 e. The maximum atomic E-state index is 11.6. The number of piperidine rings is 1. The third-order valence-electron chi connectivity index (χ3n) is 3.07. The first-order valence-electron chi connectivity index (χ1n) is 6.25. The lowest BCUT2D eigenvalue weighted by atomic mass is 10.0. The van der Waals surface area contributed by atoms with Crippen molar-refractivity contribution in [2.45, 2.75) is 19.3 Å². The van der Waals surface area contributed by atoms with Gasteiger partial charge in [-0.2, -0.15) is 0 Å². The molecule has 0 bridgehead atoms. The number of carbonyl (C=O) groups excluding carboxylic acids is 1. The number of hydrogen-bond donors (Lipinski definition) is 1. The zero-order valence-electron chi connectivity index (χ0n) is 10.4. The Morgan fingerprint density at radius 1 is 1.33 bits per heavy atom. The number of halogens is 1. The number of esters is 1. The second kappa shape index (κ2) is 8.11. The molecular formula is C14H20ClNO2.